The molecule has 0 radical (unpaired) electrons. The van der Waals surface area contributed by atoms with Crippen molar-refractivity contribution < 1.29 is 0 Å². The van der Waals surface area contributed by atoms with Crippen molar-refractivity contribution in [1.82, 2.24) is 20.0 Å². The Kier molecular flexibility index (Phi) is 3.92. The lowest BCUT2D eigenvalue weighted by Crippen LogP contribution is -2.10. The number of nitrogens with zero attached hydrogens (tertiary/aromatic N) is 4. The van der Waals surface area contributed by atoms with Gasteiger partial charge in [-0.3, -0.25) is 4.98 Å². The molecule has 0 aliphatic rings. The minimum Gasteiger partial charge on any atom is -0.323 e. The minimum atomic E-state index is -0.0340. The van der Waals surface area contributed by atoms with Crippen LogP contribution >= 0.6 is 0 Å². The van der Waals surface area contributed by atoms with Crippen LogP contribution in [0.25, 0.3) is 10.9 Å². The lowest BCUT2D eigenvalue weighted by Gasteiger charge is -2.05. The Labute approximate surface area is 123 Å². The quantitative estimate of drug-likeness (QED) is 0.780. The molecule has 5 nitrogen and oxygen atoms in total. The van der Waals surface area contributed by atoms with Gasteiger partial charge < -0.3 is 5.73 Å². The molecule has 1 atom stereocenters. The fourth-order valence-corrected chi connectivity index (χ4v) is 2.38. The second kappa shape index (κ2) is 6.01. The van der Waals surface area contributed by atoms with Crippen LogP contribution < -0.4 is 5.73 Å². The summed E-state index contributed by atoms with van der Waals surface area (Å²) in [5.74, 6) is 0. The molecule has 108 valence electrons. The zero-order valence-corrected chi connectivity index (χ0v) is 12.1. The first-order valence-corrected chi connectivity index (χ1v) is 7.26. The Hall–Kier alpha value is -2.27. The summed E-state index contributed by atoms with van der Waals surface area (Å²) in [6, 6.07) is 12.2. The number of fused-ring (bicyclic) bond motifs is 1. The minimum absolute atomic E-state index is 0.0340. The highest BCUT2D eigenvalue weighted by Crippen LogP contribution is 2.14. The van der Waals surface area contributed by atoms with Gasteiger partial charge in [-0.15, -0.1) is 5.10 Å². The van der Waals surface area contributed by atoms with Gasteiger partial charge in [-0.25, -0.2) is 4.68 Å². The highest BCUT2D eigenvalue weighted by Gasteiger charge is 2.10. The Morgan fingerprint density at radius 1 is 1.19 bits per heavy atom. The normalized spacial score (nSPS) is 12.7. The zero-order valence-electron chi connectivity index (χ0n) is 12.1. The number of hydrogen-bond donors (Lipinski definition) is 1. The molecule has 0 aliphatic heterocycles. The van der Waals surface area contributed by atoms with Gasteiger partial charge >= 0.3 is 0 Å². The van der Waals surface area contributed by atoms with E-state index in [1.165, 1.54) is 0 Å². The van der Waals surface area contributed by atoms with Gasteiger partial charge in [0.15, 0.2) is 0 Å². The van der Waals surface area contributed by atoms with E-state index in [1.807, 2.05) is 30.5 Å². The van der Waals surface area contributed by atoms with E-state index in [9.17, 15) is 0 Å². The van der Waals surface area contributed by atoms with Crippen molar-refractivity contribution in [3.05, 3.63) is 54.0 Å². The number of para-hydroxylation sites is 1. The first kappa shape index (κ1) is 13.7. The molecule has 0 fully saturated rings. The number of aromatic nitrogens is 4. The predicted molar refractivity (Wildman–Crippen MR) is 82.7 cm³/mol. The van der Waals surface area contributed by atoms with E-state index in [-0.39, 0.29) is 6.04 Å². The molecule has 0 spiro atoms. The first-order valence-electron chi connectivity index (χ1n) is 7.26. The Morgan fingerprint density at radius 2 is 2.05 bits per heavy atom. The van der Waals surface area contributed by atoms with E-state index in [2.05, 4.69) is 34.4 Å². The van der Waals surface area contributed by atoms with E-state index in [0.29, 0.717) is 6.54 Å². The van der Waals surface area contributed by atoms with Crippen molar-refractivity contribution in [1.29, 1.82) is 0 Å². The molecule has 2 N–H and O–H groups in total. The van der Waals surface area contributed by atoms with Gasteiger partial charge in [0.2, 0.25) is 0 Å². The van der Waals surface area contributed by atoms with Crippen molar-refractivity contribution in [2.24, 2.45) is 5.73 Å². The highest BCUT2D eigenvalue weighted by molar-refractivity contribution is 5.78. The van der Waals surface area contributed by atoms with E-state index in [1.54, 1.807) is 4.68 Å². The average Bonchev–Trinajstić information content (AvgIpc) is 2.96. The summed E-state index contributed by atoms with van der Waals surface area (Å²) in [6.07, 6.45) is 3.88. The number of nitrogens with two attached hydrogens (primary N) is 1. The topological polar surface area (TPSA) is 69.6 Å². The number of rotatable bonds is 5. The predicted octanol–water partition coefficient (Wildman–Crippen LogP) is 2.67. The van der Waals surface area contributed by atoms with Crippen LogP contribution in [0.5, 0.6) is 0 Å². The number of pyridine rings is 1. The van der Waals surface area contributed by atoms with Crippen molar-refractivity contribution >= 4 is 10.9 Å². The van der Waals surface area contributed by atoms with Gasteiger partial charge in [-0.2, -0.15) is 0 Å². The summed E-state index contributed by atoms with van der Waals surface area (Å²) >= 11 is 0. The maximum Gasteiger partial charge on any atom is 0.0994 e. The summed E-state index contributed by atoms with van der Waals surface area (Å²) in [5, 5.41) is 9.44. The molecule has 2 aromatic heterocycles. The van der Waals surface area contributed by atoms with Crippen molar-refractivity contribution in [2.45, 2.75) is 32.4 Å². The number of hydrogen-bond acceptors (Lipinski definition) is 4. The van der Waals surface area contributed by atoms with Crippen LogP contribution in [0.15, 0.2) is 42.6 Å². The van der Waals surface area contributed by atoms with Crippen LogP contribution in [0, 0.1) is 0 Å². The Morgan fingerprint density at radius 3 is 2.90 bits per heavy atom. The van der Waals surface area contributed by atoms with Crippen LogP contribution in [0.2, 0.25) is 0 Å². The molecule has 0 amide bonds. The molecular formula is C16H19N5. The number of benzene rings is 1. The molecule has 5 heteroatoms. The molecule has 3 rings (SSSR count). The maximum absolute atomic E-state index is 6.06. The van der Waals surface area contributed by atoms with Crippen LogP contribution in [-0.2, 0) is 6.54 Å². The third-order valence-electron chi connectivity index (χ3n) is 3.52. The lowest BCUT2D eigenvalue weighted by molar-refractivity contribution is 0.616. The first-order chi connectivity index (χ1) is 10.3. The Balaban J connectivity index is 1.78. The largest absolute Gasteiger partial charge is 0.323 e. The van der Waals surface area contributed by atoms with Crippen LogP contribution in [0.4, 0.5) is 0 Å². The molecule has 3 aromatic rings. The third kappa shape index (κ3) is 3.08. The summed E-state index contributed by atoms with van der Waals surface area (Å²) in [7, 11) is 0. The van der Waals surface area contributed by atoms with Crippen LogP contribution in [0.3, 0.4) is 0 Å². The van der Waals surface area contributed by atoms with E-state index >= 15 is 0 Å². The molecule has 1 aromatic carbocycles. The molecule has 0 bridgehead atoms. The second-order valence-corrected chi connectivity index (χ2v) is 5.23. The molecule has 21 heavy (non-hydrogen) atoms. The molecule has 1 unspecified atom stereocenters. The van der Waals surface area contributed by atoms with E-state index in [4.69, 9.17) is 5.73 Å². The monoisotopic (exact) mass is 281 g/mol. The van der Waals surface area contributed by atoms with Gasteiger partial charge in [0, 0.05) is 5.39 Å². The standard InChI is InChI=1S/C16H19N5/c1-2-5-14(17)16-11-21(20-19-16)10-13-9-8-12-6-3-4-7-15(12)18-13/h3-4,6-9,11,14H,2,5,10,17H2,1H3. The van der Waals surface area contributed by atoms with Gasteiger partial charge in [-0.05, 0) is 18.6 Å². The van der Waals surface area contributed by atoms with Crippen LogP contribution in [0.1, 0.15) is 37.2 Å². The van der Waals surface area contributed by atoms with Crippen molar-refractivity contribution in [2.75, 3.05) is 0 Å². The average molecular weight is 281 g/mol. The van der Waals surface area contributed by atoms with E-state index < -0.39 is 0 Å². The smallest absolute Gasteiger partial charge is 0.0994 e. The SMILES string of the molecule is CCCC(N)c1cn(Cc2ccc3ccccc3n2)nn1. The van der Waals surface area contributed by atoms with Gasteiger partial charge in [-0.1, -0.05) is 42.8 Å². The Bertz CT molecular complexity index is 734. The molecule has 0 saturated carbocycles. The van der Waals surface area contributed by atoms with Crippen molar-refractivity contribution in [3.63, 3.8) is 0 Å². The van der Waals surface area contributed by atoms with Crippen molar-refractivity contribution in [3.8, 4) is 0 Å². The summed E-state index contributed by atoms with van der Waals surface area (Å²) in [4.78, 5) is 4.64. The van der Waals surface area contributed by atoms with Gasteiger partial charge in [0.1, 0.15) is 0 Å². The molecular weight excluding hydrogens is 262 g/mol. The highest BCUT2D eigenvalue weighted by atomic mass is 15.4. The van der Waals surface area contributed by atoms with E-state index in [0.717, 1.165) is 35.1 Å². The summed E-state index contributed by atoms with van der Waals surface area (Å²) < 4.78 is 1.79. The fraction of sp³-hybridized carbons (Fsp3) is 0.312. The molecule has 0 aliphatic carbocycles. The van der Waals surface area contributed by atoms with Crippen LogP contribution in [-0.4, -0.2) is 20.0 Å². The summed E-state index contributed by atoms with van der Waals surface area (Å²) in [5.41, 5.74) is 8.87. The second-order valence-electron chi connectivity index (χ2n) is 5.23. The maximum atomic E-state index is 6.06. The third-order valence-corrected chi connectivity index (χ3v) is 3.52. The zero-order chi connectivity index (χ0) is 14.7. The van der Waals surface area contributed by atoms with Gasteiger partial charge in [0.25, 0.3) is 0 Å². The molecule has 0 saturated heterocycles. The lowest BCUT2D eigenvalue weighted by atomic mass is 10.1. The van der Waals surface area contributed by atoms with Gasteiger partial charge in [0.05, 0.1) is 35.7 Å². The summed E-state index contributed by atoms with van der Waals surface area (Å²) in [6.45, 7) is 2.72. The fourth-order valence-electron chi connectivity index (χ4n) is 2.38. The molecule has 2 heterocycles.